The van der Waals surface area contributed by atoms with Gasteiger partial charge in [0.2, 0.25) is 0 Å². The molecule has 0 aromatic heterocycles. The van der Waals surface area contributed by atoms with Crippen LogP contribution in [0.5, 0.6) is 0 Å². The summed E-state index contributed by atoms with van der Waals surface area (Å²) in [5.74, 6) is 0. The predicted molar refractivity (Wildman–Crippen MR) is 63.5 cm³/mol. The van der Waals surface area contributed by atoms with Gasteiger partial charge in [0.05, 0.1) is 0 Å². The van der Waals surface area contributed by atoms with Gasteiger partial charge in [0.25, 0.3) is 0 Å². The predicted octanol–water partition coefficient (Wildman–Crippen LogP) is -4.23. The van der Waals surface area contributed by atoms with Crippen LogP contribution in [-0.4, -0.2) is 96.5 Å². The van der Waals surface area contributed by atoms with E-state index in [0.29, 0.717) is 0 Å². The Labute approximate surface area is 264 Å². The molecule has 0 fully saturated rings. The molecule has 0 saturated heterocycles. The Balaban J connectivity index is -0.0000000111. The molecule has 0 atom stereocenters. The van der Waals surface area contributed by atoms with Gasteiger partial charge in [-0.15, -0.1) is 0 Å². The summed E-state index contributed by atoms with van der Waals surface area (Å²) in [6.07, 6.45) is 0. The normalized spacial score (nSPS) is 8.43. The first-order chi connectivity index (χ1) is 8.00. The average Bonchev–Trinajstić information content (AvgIpc) is 1.62. The van der Waals surface area contributed by atoms with Gasteiger partial charge in [-0.05, 0) is 0 Å². The Bertz CT molecular complexity index is 306. The molecule has 0 aliphatic carbocycles. The molecular formula is H12CaO17P4Zn6+12. The minimum atomic E-state index is -4.64. The maximum atomic E-state index is 8.88. The summed E-state index contributed by atoms with van der Waals surface area (Å²) in [7, 11) is -18.6. The second-order valence-corrected chi connectivity index (χ2v) is 6.16. The van der Waals surface area contributed by atoms with Crippen LogP contribution < -0.4 is 0 Å². The SMILES string of the molecule is O=P(O)(O)O.O=P(O)(O)O.O=P(O)(O)O.O=P(O)(O)O.[Ca+2].[O-2].[Zn+2].[Zn+2].[Zn+2].[Zn+2].[Zn+2].[Zn+2]. The van der Waals surface area contributed by atoms with Crippen LogP contribution in [-0.2, 0) is 141 Å². The molecule has 0 aliphatic heterocycles. The zero-order valence-electron chi connectivity index (χ0n) is 14.1. The third kappa shape index (κ3) is 995. The molecule has 0 aromatic carbocycles. The molecule has 0 rings (SSSR count). The molecule has 0 bridgehead atoms. The third-order valence-electron chi connectivity index (χ3n) is 0. The van der Waals surface area contributed by atoms with Gasteiger partial charge in [-0.2, -0.15) is 0 Å². The van der Waals surface area contributed by atoms with E-state index in [-0.39, 0.29) is 160 Å². The number of rotatable bonds is 0. The van der Waals surface area contributed by atoms with E-state index in [4.69, 9.17) is 77.0 Å². The first kappa shape index (κ1) is 76.6. The van der Waals surface area contributed by atoms with Crippen LogP contribution in [0.4, 0.5) is 0 Å². The summed E-state index contributed by atoms with van der Waals surface area (Å²) in [6, 6.07) is 0. The minimum Gasteiger partial charge on any atom is -2.00 e. The number of phosphoric acid groups is 4. The Hall–Kier alpha value is 5.40. The van der Waals surface area contributed by atoms with Gasteiger partial charge in [-0.1, -0.05) is 0 Å². The van der Waals surface area contributed by atoms with Crippen molar-refractivity contribution in [3.8, 4) is 0 Å². The van der Waals surface area contributed by atoms with Gasteiger partial charge < -0.3 is 64.2 Å². The summed E-state index contributed by atoms with van der Waals surface area (Å²) in [5, 5.41) is 0. The van der Waals surface area contributed by atoms with Gasteiger partial charge in [0.1, 0.15) is 0 Å². The average molecular weight is 840 g/mol. The molecule has 0 aromatic rings. The van der Waals surface area contributed by atoms with Crippen LogP contribution in [0, 0.1) is 0 Å². The van der Waals surface area contributed by atoms with E-state index in [9.17, 15) is 0 Å². The fraction of sp³-hybridized carbons (Fsp3) is 0. The van der Waals surface area contributed by atoms with E-state index >= 15 is 0 Å². The van der Waals surface area contributed by atoms with E-state index in [1.165, 1.54) is 0 Å². The first-order valence-corrected chi connectivity index (χ1v) is 9.39. The molecule has 0 radical (unpaired) electrons. The molecule has 0 saturated carbocycles. The smallest absolute Gasteiger partial charge is 2.00 e. The van der Waals surface area contributed by atoms with E-state index in [0.717, 1.165) is 0 Å². The van der Waals surface area contributed by atoms with Crippen molar-refractivity contribution in [2.75, 3.05) is 0 Å². The van der Waals surface area contributed by atoms with Crippen molar-refractivity contribution in [3.63, 3.8) is 0 Å². The fourth-order valence-corrected chi connectivity index (χ4v) is 0. The Kier molecular flexibility index (Phi) is 101. The standard InChI is InChI=1S/Ca.4H3O4P.O.6Zn/c;4*1-5(2,3)4;;;;;;;/h;4*(H3,1,2,3,4);;;;;;;/q+2;;;;;-2;6*+2. The Morgan fingerprint density at radius 1 is 0.321 bits per heavy atom. The van der Waals surface area contributed by atoms with Crippen molar-refractivity contribution in [2.45, 2.75) is 0 Å². The molecule has 28 heteroatoms. The molecule has 0 spiro atoms. The first-order valence-electron chi connectivity index (χ1n) is 3.13. The van der Waals surface area contributed by atoms with Gasteiger partial charge in [0, 0.05) is 0 Å². The number of hydrogen-bond donors (Lipinski definition) is 12. The van der Waals surface area contributed by atoms with Gasteiger partial charge in [-0.3, -0.25) is 0 Å². The van der Waals surface area contributed by atoms with Gasteiger partial charge >= 0.3 is 186 Å². The maximum absolute atomic E-state index is 8.88. The Morgan fingerprint density at radius 3 is 0.321 bits per heavy atom. The molecule has 0 heterocycles. The molecule has 0 aliphatic rings. The summed E-state index contributed by atoms with van der Waals surface area (Å²) in [4.78, 5) is 86.2. The molecule has 0 amide bonds. The van der Waals surface area contributed by atoms with E-state index in [2.05, 4.69) is 0 Å². The molecule has 28 heavy (non-hydrogen) atoms. The molecular weight excluding hydrogens is 828 g/mol. The monoisotopic (exact) mass is 831 g/mol. The quantitative estimate of drug-likeness (QED) is 0.0812. The zero-order valence-corrected chi connectivity index (χ0v) is 37.7. The topological polar surface area (TPSA) is 340 Å². The van der Waals surface area contributed by atoms with Crippen LogP contribution in [0.25, 0.3) is 0 Å². The minimum absolute atomic E-state index is 0. The van der Waals surface area contributed by atoms with Crippen LogP contribution in [0.3, 0.4) is 0 Å². The zero-order chi connectivity index (χ0) is 18.0. The summed E-state index contributed by atoms with van der Waals surface area (Å²) in [6.45, 7) is 0. The van der Waals surface area contributed by atoms with Crippen LogP contribution in [0.2, 0.25) is 0 Å². The van der Waals surface area contributed by atoms with Crippen molar-refractivity contribution in [2.24, 2.45) is 0 Å². The van der Waals surface area contributed by atoms with E-state index in [1.807, 2.05) is 0 Å². The molecule has 12 N–H and O–H groups in total. The van der Waals surface area contributed by atoms with E-state index in [1.54, 1.807) is 0 Å². The third-order valence-corrected chi connectivity index (χ3v) is 0. The van der Waals surface area contributed by atoms with Crippen LogP contribution in [0.15, 0.2) is 0 Å². The maximum Gasteiger partial charge on any atom is 2.00 e. The van der Waals surface area contributed by atoms with Crippen molar-refractivity contribution >= 4 is 69.0 Å². The molecule has 0 unspecified atom stereocenters. The summed E-state index contributed by atoms with van der Waals surface area (Å²) in [5.41, 5.74) is 0. The largest absolute Gasteiger partial charge is 2.00 e. The second kappa shape index (κ2) is 37.0. The van der Waals surface area contributed by atoms with Crippen LogP contribution in [0.1, 0.15) is 0 Å². The molecule has 17 nitrogen and oxygen atoms in total. The second-order valence-electron chi connectivity index (χ2n) is 2.05. The van der Waals surface area contributed by atoms with Crippen molar-refractivity contribution in [3.05, 3.63) is 0 Å². The number of hydrogen-bond acceptors (Lipinski definition) is 4. The fourth-order valence-electron chi connectivity index (χ4n) is 0. The van der Waals surface area contributed by atoms with Crippen molar-refractivity contribution in [1.82, 2.24) is 0 Å². The van der Waals surface area contributed by atoms with Crippen LogP contribution >= 0.6 is 31.3 Å². The summed E-state index contributed by atoms with van der Waals surface area (Å²) < 4.78 is 35.5. The van der Waals surface area contributed by atoms with Crippen molar-refractivity contribution < 1.29 is 199 Å². The van der Waals surface area contributed by atoms with Crippen molar-refractivity contribution in [1.29, 1.82) is 0 Å². The van der Waals surface area contributed by atoms with E-state index < -0.39 is 31.3 Å². The Morgan fingerprint density at radius 2 is 0.321 bits per heavy atom. The summed E-state index contributed by atoms with van der Waals surface area (Å²) >= 11 is 0. The van der Waals surface area contributed by atoms with Gasteiger partial charge in [-0.25, -0.2) is 18.3 Å². The van der Waals surface area contributed by atoms with Gasteiger partial charge in [0.15, 0.2) is 0 Å². The molecule has 136 valence electrons.